The second kappa shape index (κ2) is 10.7. The van der Waals surface area contributed by atoms with E-state index in [0.29, 0.717) is 40.7 Å². The van der Waals surface area contributed by atoms with E-state index in [1.165, 1.54) is 36.4 Å². The molecule has 2 atom stereocenters. The Bertz CT molecular complexity index is 1240. The minimum atomic E-state index is -3.82. The van der Waals surface area contributed by atoms with Crippen LogP contribution in [0.4, 0.5) is 13.2 Å². The van der Waals surface area contributed by atoms with Gasteiger partial charge in [-0.15, -0.1) is 11.3 Å². The van der Waals surface area contributed by atoms with Gasteiger partial charge in [-0.25, -0.2) is 4.39 Å². The van der Waals surface area contributed by atoms with Crippen LogP contribution in [0.5, 0.6) is 11.5 Å². The van der Waals surface area contributed by atoms with E-state index in [1.54, 1.807) is 18.2 Å². The van der Waals surface area contributed by atoms with Crippen molar-refractivity contribution >= 4 is 17.2 Å². The second-order valence-electron chi connectivity index (χ2n) is 9.18. The Labute approximate surface area is 216 Å². The highest BCUT2D eigenvalue weighted by Crippen LogP contribution is 2.39. The van der Waals surface area contributed by atoms with Gasteiger partial charge >= 0.3 is 5.92 Å². The van der Waals surface area contributed by atoms with E-state index in [2.05, 4.69) is 5.32 Å². The molecule has 0 aliphatic carbocycles. The average molecular weight is 533 g/mol. The summed E-state index contributed by atoms with van der Waals surface area (Å²) >= 11 is 0.771. The van der Waals surface area contributed by atoms with E-state index >= 15 is 8.78 Å². The van der Waals surface area contributed by atoms with E-state index in [9.17, 15) is 14.3 Å². The first-order valence-electron chi connectivity index (χ1n) is 12.2. The fraction of sp³-hybridized carbons (Fsp3) is 0.370. The summed E-state index contributed by atoms with van der Waals surface area (Å²) in [5.74, 6) is -4.72. The molecule has 0 radical (unpaired) electrons. The van der Waals surface area contributed by atoms with Crippen molar-refractivity contribution in [3.8, 4) is 21.9 Å². The predicted molar refractivity (Wildman–Crippen MR) is 134 cm³/mol. The number of amides is 1. The summed E-state index contributed by atoms with van der Waals surface area (Å²) in [5, 5.41) is 13.6. The first-order valence-corrected chi connectivity index (χ1v) is 13.0. The van der Waals surface area contributed by atoms with Crippen LogP contribution in [-0.4, -0.2) is 54.8 Å². The van der Waals surface area contributed by atoms with Gasteiger partial charge in [0.05, 0.1) is 10.9 Å². The Hall–Kier alpha value is -3.08. The first-order chi connectivity index (χ1) is 17.8. The van der Waals surface area contributed by atoms with Crippen LogP contribution >= 0.6 is 11.3 Å². The van der Waals surface area contributed by atoms with Crippen LogP contribution in [0.2, 0.25) is 0 Å². The lowest BCUT2D eigenvalue weighted by Crippen LogP contribution is -2.50. The number of aliphatic hydroxyl groups is 1. The lowest BCUT2D eigenvalue weighted by molar-refractivity contribution is -0.148. The smallest absolute Gasteiger partial charge is 0.358 e. The van der Waals surface area contributed by atoms with Gasteiger partial charge in [0.15, 0.2) is 11.5 Å². The number of fused-ring (bicyclic) bond motifs is 1. The maximum Gasteiger partial charge on any atom is 0.358 e. The highest BCUT2D eigenvalue weighted by molar-refractivity contribution is 7.15. The summed E-state index contributed by atoms with van der Waals surface area (Å²) in [4.78, 5) is 15.0. The van der Waals surface area contributed by atoms with Crippen LogP contribution in [-0.2, 0) is 10.7 Å². The quantitative estimate of drug-likeness (QED) is 0.439. The summed E-state index contributed by atoms with van der Waals surface area (Å²) in [5.41, 5.74) is 1.02. The van der Waals surface area contributed by atoms with Crippen molar-refractivity contribution in [3.63, 3.8) is 0 Å². The molecule has 0 saturated carbocycles. The van der Waals surface area contributed by atoms with Crippen molar-refractivity contribution in [3.05, 3.63) is 70.9 Å². The van der Waals surface area contributed by atoms with Crippen molar-refractivity contribution in [1.29, 1.82) is 0 Å². The number of alkyl halides is 2. The van der Waals surface area contributed by atoms with Crippen LogP contribution in [0.15, 0.2) is 54.6 Å². The van der Waals surface area contributed by atoms with Gasteiger partial charge in [0.2, 0.25) is 0 Å². The summed E-state index contributed by atoms with van der Waals surface area (Å²) < 4.78 is 55.0. The lowest BCUT2D eigenvalue weighted by atomic mass is 10.0. The molecule has 1 aromatic heterocycles. The topological polar surface area (TPSA) is 71.0 Å². The molecular formula is C27H27F3N2O4S. The second-order valence-corrected chi connectivity index (χ2v) is 10.3. The summed E-state index contributed by atoms with van der Waals surface area (Å²) in [6.45, 7) is 2.55. The van der Waals surface area contributed by atoms with Crippen LogP contribution < -0.4 is 14.8 Å². The summed E-state index contributed by atoms with van der Waals surface area (Å²) in [7, 11) is 0. The standard InChI is InChI=1S/C27H27F3N2O4S/c28-19-6-3-17(4-7-19)23-9-10-24(37-23)27(29,30)26(34)31-20(16-32-11-1-2-12-32)25(33)18-5-8-21-22(15-18)36-14-13-35-21/h3-10,15,20,25,33H,1-2,11-14,16H2,(H,31,34)/t20-,25-/m1/s1. The van der Waals surface area contributed by atoms with E-state index in [0.717, 1.165) is 37.3 Å². The number of halogens is 3. The van der Waals surface area contributed by atoms with Crippen molar-refractivity contribution in [2.45, 2.75) is 30.9 Å². The maximum atomic E-state index is 15.3. The minimum absolute atomic E-state index is 0.225. The van der Waals surface area contributed by atoms with Gasteiger partial charge in [0.25, 0.3) is 5.91 Å². The Morgan fingerprint density at radius 2 is 1.73 bits per heavy atom. The third kappa shape index (κ3) is 5.61. The average Bonchev–Trinajstić information content (AvgIpc) is 3.61. The van der Waals surface area contributed by atoms with Gasteiger partial charge < -0.3 is 24.8 Å². The molecule has 0 spiro atoms. The molecule has 2 aliphatic heterocycles. The number of ether oxygens (including phenoxy) is 2. The fourth-order valence-electron chi connectivity index (χ4n) is 4.59. The molecule has 3 heterocycles. The van der Waals surface area contributed by atoms with E-state index < -0.39 is 34.7 Å². The van der Waals surface area contributed by atoms with Crippen molar-refractivity contribution in [1.82, 2.24) is 10.2 Å². The SMILES string of the molecule is O=C(N[C@H](CN1CCCC1)[C@H](O)c1ccc2c(c1)OCCO2)C(F)(F)c1ccc(-c2ccc(F)cc2)s1. The molecular weight excluding hydrogens is 505 g/mol. The highest BCUT2D eigenvalue weighted by atomic mass is 32.1. The Morgan fingerprint density at radius 3 is 2.46 bits per heavy atom. The minimum Gasteiger partial charge on any atom is -0.486 e. The Morgan fingerprint density at radius 1 is 1.03 bits per heavy atom. The number of carbonyl (C=O) groups excluding carboxylic acids is 1. The Kier molecular flexibility index (Phi) is 7.41. The number of hydrogen-bond acceptors (Lipinski definition) is 6. The zero-order chi connectivity index (χ0) is 26.0. The van der Waals surface area contributed by atoms with Gasteiger partial charge in [0.1, 0.15) is 25.1 Å². The number of thiophene rings is 1. The molecule has 1 fully saturated rings. The molecule has 37 heavy (non-hydrogen) atoms. The third-order valence-corrected chi connectivity index (χ3v) is 7.79. The number of likely N-dealkylation sites (tertiary alicyclic amines) is 1. The zero-order valence-electron chi connectivity index (χ0n) is 20.0. The van der Waals surface area contributed by atoms with Crippen LogP contribution in [0.1, 0.15) is 29.4 Å². The molecule has 6 nitrogen and oxygen atoms in total. The monoisotopic (exact) mass is 532 g/mol. The number of carbonyl (C=O) groups is 1. The van der Waals surface area contributed by atoms with Gasteiger partial charge in [-0.1, -0.05) is 18.2 Å². The van der Waals surface area contributed by atoms with Gasteiger partial charge in [0, 0.05) is 11.4 Å². The number of nitrogens with one attached hydrogen (secondary N) is 1. The molecule has 5 rings (SSSR count). The molecule has 1 saturated heterocycles. The number of aliphatic hydroxyl groups excluding tert-OH is 1. The van der Waals surface area contributed by atoms with Crippen molar-refractivity contribution in [2.75, 3.05) is 32.8 Å². The van der Waals surface area contributed by atoms with Crippen molar-refractivity contribution < 1.29 is 32.5 Å². The van der Waals surface area contributed by atoms with Crippen LogP contribution in [0, 0.1) is 5.82 Å². The largest absolute Gasteiger partial charge is 0.486 e. The normalized spacial score (nSPS) is 17.4. The maximum absolute atomic E-state index is 15.3. The fourth-order valence-corrected chi connectivity index (χ4v) is 5.57. The Balaban J connectivity index is 1.36. The van der Waals surface area contributed by atoms with Crippen LogP contribution in [0.3, 0.4) is 0 Å². The molecule has 1 amide bonds. The van der Waals surface area contributed by atoms with Crippen LogP contribution in [0.25, 0.3) is 10.4 Å². The number of hydrogen-bond donors (Lipinski definition) is 2. The predicted octanol–water partition coefficient (Wildman–Crippen LogP) is 4.73. The number of benzene rings is 2. The van der Waals surface area contributed by atoms with E-state index in [1.807, 2.05) is 4.90 Å². The molecule has 2 aromatic carbocycles. The lowest BCUT2D eigenvalue weighted by Gasteiger charge is -2.30. The number of rotatable bonds is 8. The molecule has 196 valence electrons. The third-order valence-electron chi connectivity index (χ3n) is 6.59. The van der Waals surface area contributed by atoms with Gasteiger partial charge in [-0.3, -0.25) is 4.79 Å². The summed E-state index contributed by atoms with van der Waals surface area (Å²) in [6, 6.07) is 12.1. The van der Waals surface area contributed by atoms with E-state index in [4.69, 9.17) is 9.47 Å². The molecule has 2 N–H and O–H groups in total. The first kappa shape index (κ1) is 25.6. The highest BCUT2D eigenvalue weighted by Gasteiger charge is 2.44. The van der Waals surface area contributed by atoms with E-state index in [-0.39, 0.29) is 6.54 Å². The molecule has 0 bridgehead atoms. The molecule has 3 aromatic rings. The van der Waals surface area contributed by atoms with Gasteiger partial charge in [-0.05, 0) is 73.5 Å². The molecule has 2 aliphatic rings. The molecule has 0 unspecified atom stereocenters. The van der Waals surface area contributed by atoms with Gasteiger partial charge in [-0.2, -0.15) is 8.78 Å². The molecule has 10 heteroatoms. The zero-order valence-corrected chi connectivity index (χ0v) is 20.8. The number of nitrogens with zero attached hydrogens (tertiary/aromatic N) is 1. The van der Waals surface area contributed by atoms with Crippen molar-refractivity contribution in [2.24, 2.45) is 0 Å². The summed E-state index contributed by atoms with van der Waals surface area (Å²) in [6.07, 6.45) is 0.700.